The molecule has 4 atom stereocenters. The highest BCUT2D eigenvalue weighted by Crippen LogP contribution is 2.53. The lowest BCUT2D eigenvalue weighted by atomic mass is 9.85. The van der Waals surface area contributed by atoms with E-state index in [9.17, 15) is 9.59 Å². The van der Waals surface area contributed by atoms with Gasteiger partial charge in [0.25, 0.3) is 0 Å². The predicted octanol–water partition coefficient (Wildman–Crippen LogP) is 2.96. The van der Waals surface area contributed by atoms with Crippen molar-refractivity contribution >= 4 is 29.1 Å². The van der Waals surface area contributed by atoms with Gasteiger partial charge in [0.05, 0.1) is 17.5 Å². The van der Waals surface area contributed by atoms with Gasteiger partial charge in [-0.1, -0.05) is 23.8 Å². The standard InChI is InChI=1S/C16H14ClNO2/c1-8-6-11(17)4-5-12(8)18-15(19)13-9-2-3-10(7-9)14(13)16(18)20/h2-6,9-10,13-14H,7H2,1H3. The van der Waals surface area contributed by atoms with Crippen molar-refractivity contribution in [3.63, 3.8) is 0 Å². The number of fused-ring (bicyclic) bond motifs is 5. The number of allylic oxidation sites excluding steroid dienone is 2. The molecule has 2 aliphatic carbocycles. The Morgan fingerprint density at radius 3 is 2.25 bits per heavy atom. The van der Waals surface area contributed by atoms with Gasteiger partial charge in [0.1, 0.15) is 0 Å². The number of hydrogen-bond acceptors (Lipinski definition) is 2. The molecule has 3 aliphatic rings. The molecule has 0 spiro atoms. The molecule has 1 saturated carbocycles. The first-order valence-electron chi connectivity index (χ1n) is 6.90. The summed E-state index contributed by atoms with van der Waals surface area (Å²) < 4.78 is 0. The van der Waals surface area contributed by atoms with Crippen LogP contribution in [-0.4, -0.2) is 11.8 Å². The van der Waals surface area contributed by atoms with Gasteiger partial charge in [-0.15, -0.1) is 0 Å². The maximum atomic E-state index is 12.7. The Labute approximate surface area is 122 Å². The summed E-state index contributed by atoms with van der Waals surface area (Å²) in [5, 5.41) is 0.618. The van der Waals surface area contributed by atoms with Crippen molar-refractivity contribution in [2.45, 2.75) is 13.3 Å². The van der Waals surface area contributed by atoms with Crippen LogP contribution in [0.3, 0.4) is 0 Å². The molecule has 4 rings (SSSR count). The summed E-state index contributed by atoms with van der Waals surface area (Å²) in [4.78, 5) is 26.7. The van der Waals surface area contributed by atoms with E-state index in [0.29, 0.717) is 10.7 Å². The van der Waals surface area contributed by atoms with E-state index in [1.54, 1.807) is 18.2 Å². The highest BCUT2D eigenvalue weighted by molar-refractivity contribution is 6.31. The lowest BCUT2D eigenvalue weighted by molar-refractivity contribution is -0.123. The van der Waals surface area contributed by atoms with Crippen molar-refractivity contribution in [2.24, 2.45) is 23.7 Å². The Morgan fingerprint density at radius 1 is 1.10 bits per heavy atom. The topological polar surface area (TPSA) is 37.4 Å². The summed E-state index contributed by atoms with van der Waals surface area (Å²) in [6.07, 6.45) is 5.17. The molecule has 20 heavy (non-hydrogen) atoms. The number of carbonyl (C=O) groups is 2. The van der Waals surface area contributed by atoms with E-state index in [1.165, 1.54) is 4.90 Å². The van der Waals surface area contributed by atoms with E-state index in [4.69, 9.17) is 11.6 Å². The monoisotopic (exact) mass is 287 g/mol. The predicted molar refractivity (Wildman–Crippen MR) is 76.4 cm³/mol. The molecule has 1 aromatic carbocycles. The zero-order valence-electron chi connectivity index (χ0n) is 11.0. The molecule has 2 fully saturated rings. The van der Waals surface area contributed by atoms with E-state index in [1.807, 2.05) is 6.92 Å². The first kappa shape index (κ1) is 12.2. The fourth-order valence-electron chi connectivity index (χ4n) is 4.01. The summed E-state index contributed by atoms with van der Waals surface area (Å²) in [6, 6.07) is 5.29. The summed E-state index contributed by atoms with van der Waals surface area (Å²) in [5.41, 5.74) is 1.54. The largest absolute Gasteiger partial charge is 0.274 e. The molecule has 2 bridgehead atoms. The van der Waals surface area contributed by atoms with E-state index < -0.39 is 0 Å². The molecule has 1 aromatic rings. The molecule has 3 nitrogen and oxygen atoms in total. The first-order valence-corrected chi connectivity index (χ1v) is 7.28. The average molecular weight is 288 g/mol. The summed E-state index contributed by atoms with van der Waals surface area (Å²) >= 11 is 5.95. The van der Waals surface area contributed by atoms with Gasteiger partial charge in [0, 0.05) is 5.02 Å². The highest BCUT2D eigenvalue weighted by Gasteiger charge is 2.59. The van der Waals surface area contributed by atoms with Crippen LogP contribution in [0.5, 0.6) is 0 Å². The van der Waals surface area contributed by atoms with Gasteiger partial charge in [-0.3, -0.25) is 9.59 Å². The zero-order chi connectivity index (χ0) is 14.0. The van der Waals surface area contributed by atoms with Crippen molar-refractivity contribution < 1.29 is 9.59 Å². The Kier molecular flexibility index (Phi) is 2.40. The maximum Gasteiger partial charge on any atom is 0.238 e. The number of nitrogens with zero attached hydrogens (tertiary/aromatic N) is 1. The van der Waals surface area contributed by atoms with Crippen LogP contribution in [0.15, 0.2) is 30.4 Å². The lowest BCUT2D eigenvalue weighted by Gasteiger charge is -2.19. The van der Waals surface area contributed by atoms with E-state index >= 15 is 0 Å². The van der Waals surface area contributed by atoms with E-state index in [0.717, 1.165) is 12.0 Å². The number of imide groups is 1. The summed E-state index contributed by atoms with van der Waals surface area (Å²) in [7, 11) is 0. The number of benzene rings is 1. The smallest absolute Gasteiger partial charge is 0.238 e. The normalized spacial score (nSPS) is 34.2. The Hall–Kier alpha value is -1.61. The summed E-state index contributed by atoms with van der Waals surface area (Å²) in [6.45, 7) is 1.88. The van der Waals surface area contributed by atoms with Crippen LogP contribution < -0.4 is 4.90 Å². The third-order valence-corrected chi connectivity index (χ3v) is 5.11. The highest BCUT2D eigenvalue weighted by atomic mass is 35.5. The quantitative estimate of drug-likeness (QED) is 0.588. The second kappa shape index (κ2) is 3.95. The number of rotatable bonds is 1. The van der Waals surface area contributed by atoms with Crippen molar-refractivity contribution in [2.75, 3.05) is 4.90 Å². The maximum absolute atomic E-state index is 12.7. The van der Waals surface area contributed by atoms with Crippen molar-refractivity contribution in [3.05, 3.63) is 40.9 Å². The van der Waals surface area contributed by atoms with Crippen molar-refractivity contribution in [1.29, 1.82) is 0 Å². The Balaban J connectivity index is 1.78. The average Bonchev–Trinajstić information content (AvgIpc) is 3.06. The molecule has 1 aliphatic heterocycles. The minimum atomic E-state index is -0.146. The number of halogens is 1. The first-order chi connectivity index (χ1) is 9.58. The van der Waals surface area contributed by atoms with Crippen LogP contribution in [0.2, 0.25) is 5.02 Å². The minimum Gasteiger partial charge on any atom is -0.274 e. The molecule has 0 N–H and O–H groups in total. The third kappa shape index (κ3) is 1.41. The van der Waals surface area contributed by atoms with Crippen molar-refractivity contribution in [3.8, 4) is 0 Å². The lowest BCUT2D eigenvalue weighted by Crippen LogP contribution is -2.33. The molecule has 1 saturated heterocycles. The third-order valence-electron chi connectivity index (χ3n) is 4.87. The fraction of sp³-hybridized carbons (Fsp3) is 0.375. The van der Waals surface area contributed by atoms with Crippen LogP contribution in [0, 0.1) is 30.6 Å². The number of hydrogen-bond donors (Lipinski definition) is 0. The van der Waals surface area contributed by atoms with Gasteiger partial charge in [-0.25, -0.2) is 4.90 Å². The molecule has 4 heteroatoms. The second-order valence-corrected chi connectivity index (χ2v) is 6.38. The molecule has 0 radical (unpaired) electrons. The van der Waals surface area contributed by atoms with Crippen LogP contribution in [0.25, 0.3) is 0 Å². The molecular weight excluding hydrogens is 274 g/mol. The van der Waals surface area contributed by atoms with Crippen LogP contribution in [-0.2, 0) is 9.59 Å². The molecule has 0 aromatic heterocycles. The van der Waals surface area contributed by atoms with Gasteiger partial charge in [0.2, 0.25) is 11.8 Å². The number of amides is 2. The fourth-order valence-corrected chi connectivity index (χ4v) is 4.24. The minimum absolute atomic E-state index is 0.0396. The van der Waals surface area contributed by atoms with Gasteiger partial charge >= 0.3 is 0 Å². The molecule has 102 valence electrons. The van der Waals surface area contributed by atoms with Gasteiger partial charge in [-0.2, -0.15) is 0 Å². The summed E-state index contributed by atoms with van der Waals surface area (Å²) in [5.74, 6) is 0.128. The van der Waals surface area contributed by atoms with E-state index in [2.05, 4.69) is 12.2 Å². The number of aryl methyl sites for hydroxylation is 1. The number of anilines is 1. The zero-order valence-corrected chi connectivity index (χ0v) is 11.8. The van der Waals surface area contributed by atoms with Crippen LogP contribution in [0.4, 0.5) is 5.69 Å². The van der Waals surface area contributed by atoms with Gasteiger partial charge in [-0.05, 0) is 48.9 Å². The molecular formula is C16H14ClNO2. The van der Waals surface area contributed by atoms with Crippen LogP contribution in [0.1, 0.15) is 12.0 Å². The van der Waals surface area contributed by atoms with Crippen LogP contribution >= 0.6 is 11.6 Å². The second-order valence-electron chi connectivity index (χ2n) is 5.94. The van der Waals surface area contributed by atoms with E-state index in [-0.39, 0.29) is 35.5 Å². The van der Waals surface area contributed by atoms with Crippen molar-refractivity contribution in [1.82, 2.24) is 0 Å². The molecule has 4 unspecified atom stereocenters. The SMILES string of the molecule is Cc1cc(Cl)ccc1N1C(=O)C2C3C=CC(C3)C2C1=O. The van der Waals surface area contributed by atoms with Gasteiger partial charge in [0.15, 0.2) is 0 Å². The number of carbonyl (C=O) groups excluding carboxylic acids is 2. The van der Waals surface area contributed by atoms with Gasteiger partial charge < -0.3 is 0 Å². The molecule has 1 heterocycles. The molecule has 2 amide bonds. The Bertz CT molecular complexity index is 636. The Morgan fingerprint density at radius 2 is 1.70 bits per heavy atom.